The predicted molar refractivity (Wildman–Crippen MR) is 82.4 cm³/mol. The number of nitriles is 1. The third kappa shape index (κ3) is 3.20. The van der Waals surface area contributed by atoms with Gasteiger partial charge in [-0.05, 0) is 24.0 Å². The number of rotatable bonds is 4. The van der Waals surface area contributed by atoms with E-state index in [9.17, 15) is 20.2 Å². The van der Waals surface area contributed by atoms with E-state index in [1.54, 1.807) is 12.1 Å². The molecular formula is C16H15N3O3. The van der Waals surface area contributed by atoms with Gasteiger partial charge in [-0.2, -0.15) is 5.26 Å². The molecule has 2 aromatic rings. The number of pyridine rings is 1. The summed E-state index contributed by atoms with van der Waals surface area (Å²) in [4.78, 5) is 25.1. The molecule has 112 valence electrons. The van der Waals surface area contributed by atoms with Gasteiger partial charge < -0.3 is 4.98 Å². The van der Waals surface area contributed by atoms with Crippen LogP contribution < -0.4 is 5.56 Å². The van der Waals surface area contributed by atoms with Crippen LogP contribution in [0, 0.1) is 27.4 Å². The Morgan fingerprint density at radius 2 is 2.09 bits per heavy atom. The minimum Gasteiger partial charge on any atom is -0.325 e. The van der Waals surface area contributed by atoms with Crippen LogP contribution in [0.15, 0.2) is 35.1 Å². The summed E-state index contributed by atoms with van der Waals surface area (Å²) in [5, 5.41) is 20.1. The monoisotopic (exact) mass is 297 g/mol. The Balaban J connectivity index is 2.65. The van der Waals surface area contributed by atoms with E-state index < -0.39 is 10.5 Å². The number of nitrogens with one attached hydrogen (secondary N) is 1. The largest absolute Gasteiger partial charge is 0.325 e. The summed E-state index contributed by atoms with van der Waals surface area (Å²) in [6, 6.07) is 9.54. The average molecular weight is 297 g/mol. The molecule has 0 saturated heterocycles. The third-order valence-electron chi connectivity index (χ3n) is 3.20. The Kier molecular flexibility index (Phi) is 4.37. The van der Waals surface area contributed by atoms with Crippen molar-refractivity contribution in [3.8, 4) is 17.2 Å². The first-order chi connectivity index (χ1) is 10.4. The Labute approximate surface area is 127 Å². The lowest BCUT2D eigenvalue weighted by Gasteiger charge is -2.09. The Bertz CT molecular complexity index is 816. The van der Waals surface area contributed by atoms with Crippen molar-refractivity contribution in [2.24, 2.45) is 5.92 Å². The molecule has 0 fully saturated rings. The number of nitrogens with zero attached hydrogens (tertiary/aromatic N) is 2. The normalized spacial score (nSPS) is 10.5. The molecule has 0 spiro atoms. The molecule has 0 bridgehead atoms. The van der Waals surface area contributed by atoms with Gasteiger partial charge in [-0.25, -0.2) is 0 Å². The first-order valence-corrected chi connectivity index (χ1v) is 6.83. The molecule has 1 aromatic heterocycles. The highest BCUT2D eigenvalue weighted by atomic mass is 16.6. The van der Waals surface area contributed by atoms with Crippen LogP contribution in [-0.2, 0) is 6.42 Å². The van der Waals surface area contributed by atoms with Crippen LogP contribution in [-0.4, -0.2) is 9.91 Å². The van der Waals surface area contributed by atoms with Gasteiger partial charge in [0, 0.05) is 23.4 Å². The van der Waals surface area contributed by atoms with Gasteiger partial charge in [0.05, 0.1) is 4.92 Å². The molecule has 0 radical (unpaired) electrons. The molecule has 2 rings (SSSR count). The lowest BCUT2D eigenvalue weighted by atomic mass is 9.98. The van der Waals surface area contributed by atoms with Crippen molar-refractivity contribution in [3.63, 3.8) is 0 Å². The number of nitro groups is 1. The predicted octanol–water partition coefficient (Wildman–Crippen LogP) is 3.02. The highest BCUT2D eigenvalue weighted by molar-refractivity contribution is 5.72. The van der Waals surface area contributed by atoms with Crippen molar-refractivity contribution >= 4 is 5.69 Å². The fraction of sp³-hybridized carbons (Fsp3) is 0.250. The molecule has 0 unspecified atom stereocenters. The van der Waals surface area contributed by atoms with Crippen LogP contribution in [0.4, 0.5) is 5.69 Å². The van der Waals surface area contributed by atoms with E-state index in [2.05, 4.69) is 4.98 Å². The van der Waals surface area contributed by atoms with Crippen LogP contribution in [0.2, 0.25) is 0 Å². The maximum absolute atomic E-state index is 12.1. The first kappa shape index (κ1) is 15.4. The summed E-state index contributed by atoms with van der Waals surface area (Å²) in [5.41, 5.74) is 1.04. The second-order valence-electron chi connectivity index (χ2n) is 5.43. The molecule has 0 aliphatic carbocycles. The van der Waals surface area contributed by atoms with Gasteiger partial charge >= 0.3 is 0 Å². The van der Waals surface area contributed by atoms with E-state index in [-0.39, 0.29) is 11.3 Å². The quantitative estimate of drug-likeness (QED) is 0.692. The zero-order chi connectivity index (χ0) is 16.3. The maximum atomic E-state index is 12.1. The molecule has 1 aromatic carbocycles. The molecule has 6 nitrogen and oxygen atoms in total. The summed E-state index contributed by atoms with van der Waals surface area (Å²) in [5.74, 6) is 0.335. The van der Waals surface area contributed by atoms with E-state index >= 15 is 0 Å². The minimum atomic E-state index is -0.502. The van der Waals surface area contributed by atoms with Crippen molar-refractivity contribution in [2.45, 2.75) is 20.3 Å². The average Bonchev–Trinajstić information content (AvgIpc) is 2.46. The topological polar surface area (TPSA) is 99.8 Å². The molecule has 0 aliphatic heterocycles. The molecule has 1 heterocycles. The summed E-state index contributed by atoms with van der Waals surface area (Å²) in [6.07, 6.45) is 0.656. The smallest absolute Gasteiger partial charge is 0.270 e. The fourth-order valence-corrected chi connectivity index (χ4v) is 2.29. The minimum absolute atomic E-state index is 0.0343. The SMILES string of the molecule is CC(C)Cc1cc(-c2cccc([N+](=O)[O-])c2)c(C#N)c(=O)[nH]1. The van der Waals surface area contributed by atoms with Crippen LogP contribution in [0.25, 0.3) is 11.1 Å². The van der Waals surface area contributed by atoms with Gasteiger partial charge in [0.2, 0.25) is 0 Å². The molecule has 6 heteroatoms. The molecule has 0 amide bonds. The Hall–Kier alpha value is -2.94. The van der Waals surface area contributed by atoms with Gasteiger partial charge in [-0.1, -0.05) is 26.0 Å². The number of benzene rings is 1. The van der Waals surface area contributed by atoms with E-state index in [4.69, 9.17) is 0 Å². The molecule has 22 heavy (non-hydrogen) atoms. The van der Waals surface area contributed by atoms with Crippen LogP contribution in [0.1, 0.15) is 25.1 Å². The number of hydrogen-bond acceptors (Lipinski definition) is 4. The highest BCUT2D eigenvalue weighted by Crippen LogP contribution is 2.26. The fourth-order valence-electron chi connectivity index (χ4n) is 2.29. The lowest BCUT2D eigenvalue weighted by Crippen LogP contribution is -2.15. The third-order valence-corrected chi connectivity index (χ3v) is 3.20. The number of hydrogen-bond donors (Lipinski definition) is 1. The molecule has 1 N–H and O–H groups in total. The van der Waals surface area contributed by atoms with Gasteiger partial charge in [0.1, 0.15) is 11.6 Å². The van der Waals surface area contributed by atoms with Crippen LogP contribution >= 0.6 is 0 Å². The van der Waals surface area contributed by atoms with E-state index in [1.165, 1.54) is 18.2 Å². The van der Waals surface area contributed by atoms with Crippen molar-refractivity contribution in [3.05, 3.63) is 62.1 Å². The molecule has 0 atom stereocenters. The number of aromatic amines is 1. The van der Waals surface area contributed by atoms with Gasteiger partial charge in [0.25, 0.3) is 11.2 Å². The van der Waals surface area contributed by atoms with Crippen molar-refractivity contribution < 1.29 is 4.92 Å². The van der Waals surface area contributed by atoms with Gasteiger partial charge in [-0.3, -0.25) is 14.9 Å². The number of non-ortho nitro benzene ring substituents is 1. The molecular weight excluding hydrogens is 282 g/mol. The van der Waals surface area contributed by atoms with Crippen molar-refractivity contribution in [1.29, 1.82) is 5.26 Å². The van der Waals surface area contributed by atoms with Crippen molar-refractivity contribution in [1.82, 2.24) is 4.98 Å². The summed E-state index contributed by atoms with van der Waals surface area (Å²) >= 11 is 0. The second-order valence-corrected chi connectivity index (χ2v) is 5.43. The summed E-state index contributed by atoms with van der Waals surface area (Å²) in [7, 11) is 0. The second kappa shape index (κ2) is 6.22. The number of aromatic nitrogens is 1. The van der Waals surface area contributed by atoms with Gasteiger partial charge in [-0.15, -0.1) is 0 Å². The molecule has 0 aliphatic rings. The highest BCUT2D eigenvalue weighted by Gasteiger charge is 2.14. The summed E-state index contributed by atoms with van der Waals surface area (Å²) in [6.45, 7) is 4.03. The van der Waals surface area contributed by atoms with E-state index in [0.29, 0.717) is 29.2 Å². The van der Waals surface area contributed by atoms with Crippen molar-refractivity contribution in [2.75, 3.05) is 0 Å². The zero-order valence-electron chi connectivity index (χ0n) is 12.3. The number of nitro benzene ring substituents is 1. The summed E-state index contributed by atoms with van der Waals surface area (Å²) < 4.78 is 0. The van der Waals surface area contributed by atoms with E-state index in [1.807, 2.05) is 19.9 Å². The first-order valence-electron chi connectivity index (χ1n) is 6.83. The maximum Gasteiger partial charge on any atom is 0.270 e. The van der Waals surface area contributed by atoms with Crippen LogP contribution in [0.5, 0.6) is 0 Å². The van der Waals surface area contributed by atoms with E-state index in [0.717, 1.165) is 0 Å². The Morgan fingerprint density at radius 3 is 2.68 bits per heavy atom. The Morgan fingerprint density at radius 1 is 1.36 bits per heavy atom. The number of H-pyrrole nitrogens is 1. The van der Waals surface area contributed by atoms with Crippen LogP contribution in [0.3, 0.4) is 0 Å². The van der Waals surface area contributed by atoms with Gasteiger partial charge in [0.15, 0.2) is 0 Å². The lowest BCUT2D eigenvalue weighted by molar-refractivity contribution is -0.384. The standard InChI is InChI=1S/C16H15N3O3/c1-10(2)6-12-8-14(15(9-17)16(20)18-12)11-4-3-5-13(7-11)19(21)22/h3-5,7-8,10H,6H2,1-2H3,(H,18,20). The zero-order valence-corrected chi connectivity index (χ0v) is 12.3. The molecule has 0 saturated carbocycles.